The predicted molar refractivity (Wildman–Crippen MR) is 132 cm³/mol. The summed E-state index contributed by atoms with van der Waals surface area (Å²) in [5.74, 6) is -4.09. The van der Waals surface area contributed by atoms with E-state index in [2.05, 4.69) is 0 Å². The number of hydrogen-bond donors (Lipinski definition) is 0. The molecular formula is C24H20O15P2. The van der Waals surface area contributed by atoms with Gasteiger partial charge in [0.1, 0.15) is 26.4 Å². The van der Waals surface area contributed by atoms with E-state index < -0.39 is 65.2 Å². The lowest BCUT2D eigenvalue weighted by molar-refractivity contribution is 0.0681. The Morgan fingerprint density at radius 2 is 0.732 bits per heavy atom. The molecule has 0 aliphatic heterocycles. The number of carbonyl (C=O) groups is 4. The highest BCUT2D eigenvalue weighted by Crippen LogP contribution is 2.66. The minimum absolute atomic E-state index is 0.188. The molecule has 0 saturated carbocycles. The van der Waals surface area contributed by atoms with Gasteiger partial charge in [0, 0.05) is 0 Å². The van der Waals surface area contributed by atoms with Gasteiger partial charge >= 0.3 is 15.6 Å². The molecule has 0 atom stereocenters. The maximum Gasteiger partial charge on any atom is 0.484 e. The first kappa shape index (κ1) is 30.0. The third-order valence-corrected chi connectivity index (χ3v) is 8.18. The second-order valence-corrected chi connectivity index (χ2v) is 11.1. The van der Waals surface area contributed by atoms with E-state index in [1.807, 2.05) is 0 Å². The Morgan fingerprint density at radius 3 is 0.927 bits per heavy atom. The normalized spacial score (nSPS) is 11.9. The number of phosphoric acid groups is 2. The summed E-state index contributed by atoms with van der Waals surface area (Å²) in [5.41, 5.74) is 0. The summed E-state index contributed by atoms with van der Waals surface area (Å²) in [5, 5.41) is 0. The molecule has 0 spiro atoms. The van der Waals surface area contributed by atoms with Crippen LogP contribution in [-0.2, 0) is 31.5 Å². The maximum atomic E-state index is 13.6. The fourth-order valence-corrected chi connectivity index (χ4v) is 5.86. The lowest BCUT2D eigenvalue weighted by atomic mass is 10.3. The van der Waals surface area contributed by atoms with Crippen molar-refractivity contribution in [1.82, 2.24) is 0 Å². The molecule has 0 radical (unpaired) electrons. The van der Waals surface area contributed by atoms with E-state index in [9.17, 15) is 28.3 Å². The van der Waals surface area contributed by atoms with Crippen molar-refractivity contribution in [2.24, 2.45) is 0 Å². The zero-order valence-corrected chi connectivity index (χ0v) is 22.6. The van der Waals surface area contributed by atoms with Gasteiger partial charge in [0.25, 0.3) is 0 Å². The monoisotopic (exact) mass is 610 g/mol. The first-order valence-corrected chi connectivity index (χ1v) is 14.3. The molecule has 0 unspecified atom stereocenters. The molecule has 0 N–H and O–H groups in total. The second-order valence-electron chi connectivity index (χ2n) is 7.67. The summed E-state index contributed by atoms with van der Waals surface area (Å²) >= 11 is 0. The van der Waals surface area contributed by atoms with Crippen molar-refractivity contribution in [2.75, 3.05) is 26.4 Å². The van der Waals surface area contributed by atoms with Crippen LogP contribution in [0.4, 0.5) is 0 Å². The van der Waals surface area contributed by atoms with Crippen molar-refractivity contribution in [3.8, 4) is 0 Å². The molecule has 4 heterocycles. The lowest BCUT2D eigenvalue weighted by Gasteiger charge is -2.22. The van der Waals surface area contributed by atoms with Gasteiger partial charge < -0.3 is 17.7 Å². The Labute approximate surface area is 230 Å². The van der Waals surface area contributed by atoms with Crippen molar-refractivity contribution < 1.29 is 68.4 Å². The Balaban J connectivity index is 1.53. The van der Waals surface area contributed by atoms with Crippen LogP contribution >= 0.6 is 15.6 Å². The Morgan fingerprint density at radius 1 is 0.488 bits per heavy atom. The van der Waals surface area contributed by atoms with Crippen LogP contribution in [0.3, 0.4) is 0 Å². The molecule has 0 bridgehead atoms. The van der Waals surface area contributed by atoms with Crippen LogP contribution in [0.1, 0.15) is 42.2 Å². The highest BCUT2D eigenvalue weighted by molar-refractivity contribution is 7.62. The molecular weight excluding hydrogens is 590 g/mol. The minimum Gasteiger partial charge on any atom is -0.461 e. The Kier molecular flexibility index (Phi) is 9.97. The van der Waals surface area contributed by atoms with E-state index in [4.69, 9.17) is 40.1 Å². The number of rotatable bonds is 18. The third kappa shape index (κ3) is 8.52. The number of Topliss-reactive ketones (excluding diaryl/α,β-unsaturated/α-hetero) is 4. The van der Waals surface area contributed by atoms with Gasteiger partial charge in [0.2, 0.25) is 23.1 Å². The number of carbonyl (C=O) groups excluding carboxylic acids is 4. The van der Waals surface area contributed by atoms with Crippen molar-refractivity contribution in [1.29, 1.82) is 0 Å². The summed E-state index contributed by atoms with van der Waals surface area (Å²) in [4.78, 5) is 49.4. The Hall–Kier alpha value is -3.94. The van der Waals surface area contributed by atoms with Crippen LogP contribution in [0, 0.1) is 0 Å². The molecule has 15 nitrogen and oxygen atoms in total. The van der Waals surface area contributed by atoms with Crippen molar-refractivity contribution in [3.63, 3.8) is 0 Å². The van der Waals surface area contributed by atoms with Gasteiger partial charge in [0.05, 0.1) is 25.1 Å². The van der Waals surface area contributed by atoms with Crippen LogP contribution in [0.15, 0.2) is 91.3 Å². The molecule has 216 valence electrons. The Bertz CT molecular complexity index is 1310. The number of phosphoric ester groups is 2. The second kappa shape index (κ2) is 13.6. The van der Waals surface area contributed by atoms with E-state index >= 15 is 0 Å². The lowest BCUT2D eigenvalue weighted by Crippen LogP contribution is -2.16. The van der Waals surface area contributed by atoms with Crippen LogP contribution in [0.2, 0.25) is 0 Å². The van der Waals surface area contributed by atoms with Gasteiger partial charge in [-0.15, -0.1) is 0 Å². The molecule has 4 rings (SSSR count). The summed E-state index contributed by atoms with van der Waals surface area (Å²) in [6.07, 6.45) is 4.79. The SMILES string of the molecule is O=C(COP(=O)(OCC(=O)c1ccco1)OP(=O)(OCC(=O)c1ccco1)OCC(=O)c1ccco1)c1ccco1. The molecule has 0 fully saturated rings. The van der Waals surface area contributed by atoms with Gasteiger partial charge in [-0.1, -0.05) is 0 Å². The molecule has 4 aromatic heterocycles. The number of furan rings is 4. The molecule has 41 heavy (non-hydrogen) atoms. The van der Waals surface area contributed by atoms with Crippen LogP contribution in [-0.4, -0.2) is 49.6 Å². The fourth-order valence-electron chi connectivity index (χ4n) is 2.88. The topological polar surface area (TPSA) is 201 Å². The maximum absolute atomic E-state index is 13.6. The fraction of sp³-hybridized carbons (Fsp3) is 0.167. The van der Waals surface area contributed by atoms with Crippen molar-refractivity contribution in [3.05, 3.63) is 96.6 Å². The van der Waals surface area contributed by atoms with Gasteiger partial charge in [-0.2, -0.15) is 4.31 Å². The standard InChI is InChI=1S/C24H20O15P2/c25-17(21-5-1-9-31-21)13-35-40(29,36-14-18(26)22-6-2-10-32-22)39-41(30,37-15-19(27)23-7-3-11-33-23)38-16-20(28)24-8-4-12-34-24/h1-12H,13-16H2. The molecule has 4 aromatic rings. The summed E-state index contributed by atoms with van der Waals surface area (Å²) in [6, 6.07) is 10.8. The van der Waals surface area contributed by atoms with Gasteiger partial charge in [-0.05, 0) is 48.5 Å². The minimum atomic E-state index is -5.20. The highest BCUT2D eigenvalue weighted by Gasteiger charge is 2.43. The van der Waals surface area contributed by atoms with Crippen molar-refractivity contribution in [2.45, 2.75) is 0 Å². The molecule has 0 aromatic carbocycles. The third-order valence-electron chi connectivity index (χ3n) is 4.80. The number of ketones is 4. The first-order chi connectivity index (χ1) is 19.7. The summed E-state index contributed by atoms with van der Waals surface area (Å²) < 4.78 is 71.9. The van der Waals surface area contributed by atoms with Gasteiger partial charge in [0.15, 0.2) is 23.0 Å². The number of hydrogen-bond acceptors (Lipinski definition) is 15. The first-order valence-electron chi connectivity index (χ1n) is 11.4. The van der Waals surface area contributed by atoms with E-state index in [0.717, 1.165) is 0 Å². The van der Waals surface area contributed by atoms with Crippen LogP contribution < -0.4 is 0 Å². The smallest absolute Gasteiger partial charge is 0.461 e. The van der Waals surface area contributed by atoms with E-state index in [-0.39, 0.29) is 23.0 Å². The summed E-state index contributed by atoms with van der Waals surface area (Å²) in [6.45, 7) is -4.01. The molecule has 0 amide bonds. The largest absolute Gasteiger partial charge is 0.484 e. The predicted octanol–water partition coefficient (Wildman–Crippen LogP) is 5.19. The van der Waals surface area contributed by atoms with Gasteiger partial charge in [-0.3, -0.25) is 37.3 Å². The van der Waals surface area contributed by atoms with E-state index in [0.29, 0.717) is 0 Å². The van der Waals surface area contributed by atoms with Gasteiger partial charge in [-0.25, -0.2) is 9.13 Å². The quantitative estimate of drug-likeness (QED) is 0.105. The zero-order valence-electron chi connectivity index (χ0n) is 20.8. The van der Waals surface area contributed by atoms with E-state index in [1.54, 1.807) is 0 Å². The molecule has 0 aliphatic carbocycles. The average Bonchev–Trinajstić information content (AvgIpc) is 3.80. The molecule has 17 heteroatoms. The van der Waals surface area contributed by atoms with Crippen molar-refractivity contribution >= 4 is 38.8 Å². The summed E-state index contributed by atoms with van der Waals surface area (Å²) in [7, 11) is -10.4. The highest BCUT2D eigenvalue weighted by atomic mass is 31.3. The van der Waals surface area contributed by atoms with Crippen LogP contribution in [0.5, 0.6) is 0 Å². The van der Waals surface area contributed by atoms with Crippen LogP contribution in [0.25, 0.3) is 0 Å². The zero-order chi connectivity index (χ0) is 29.3. The van der Waals surface area contributed by atoms with E-state index in [1.165, 1.54) is 73.6 Å². The average molecular weight is 610 g/mol. The molecule has 0 aliphatic rings. The molecule has 0 saturated heterocycles.